The van der Waals surface area contributed by atoms with Crippen molar-refractivity contribution in [1.82, 2.24) is 14.8 Å². The Morgan fingerprint density at radius 1 is 1.38 bits per heavy atom. The van der Waals surface area contributed by atoms with Crippen LogP contribution in [0, 0.1) is 0 Å². The van der Waals surface area contributed by atoms with Crippen LogP contribution in [0.25, 0.3) is 0 Å². The van der Waals surface area contributed by atoms with Crippen LogP contribution in [0.1, 0.15) is 22.7 Å². The molecule has 3 rings (SSSR count). The number of alkyl halides is 4. The summed E-state index contributed by atoms with van der Waals surface area (Å²) < 4.78 is 59.3. The van der Waals surface area contributed by atoms with E-state index in [2.05, 4.69) is 26.1 Å². The summed E-state index contributed by atoms with van der Waals surface area (Å²) in [6.07, 6.45) is -4.66. The Hall–Kier alpha value is -2.21. The number of halogens is 5. The third-order valence-corrected chi connectivity index (χ3v) is 4.03. The number of furan rings is 1. The molecule has 7 nitrogen and oxygen atoms in total. The van der Waals surface area contributed by atoms with Gasteiger partial charge in [0, 0.05) is 12.6 Å². The van der Waals surface area contributed by atoms with E-state index in [1.807, 2.05) is 0 Å². The third-order valence-electron chi connectivity index (χ3n) is 3.62. The monoisotopic (exact) mass is 438 g/mol. The van der Waals surface area contributed by atoms with E-state index >= 15 is 0 Å². The number of nitrogens with zero attached hydrogens (tertiary/aromatic N) is 4. The van der Waals surface area contributed by atoms with Gasteiger partial charge < -0.3 is 9.52 Å². The van der Waals surface area contributed by atoms with Gasteiger partial charge in [0.2, 0.25) is 5.72 Å². The van der Waals surface area contributed by atoms with Crippen molar-refractivity contribution in [2.75, 3.05) is 0 Å². The molecule has 1 amide bonds. The molecule has 0 fully saturated rings. The minimum Gasteiger partial charge on any atom is -0.454 e. The predicted octanol–water partition coefficient (Wildman–Crippen LogP) is 2.71. The second-order valence-corrected chi connectivity index (χ2v) is 6.40. The lowest BCUT2D eigenvalue weighted by atomic mass is 10.1. The zero-order valence-corrected chi connectivity index (χ0v) is 14.4. The van der Waals surface area contributed by atoms with Gasteiger partial charge >= 0.3 is 5.91 Å². The number of hydrogen-bond donors (Lipinski definition) is 1. The Balaban J connectivity index is 1.83. The van der Waals surface area contributed by atoms with Gasteiger partial charge in [-0.15, -0.1) is 0 Å². The lowest BCUT2D eigenvalue weighted by Gasteiger charge is -2.29. The summed E-state index contributed by atoms with van der Waals surface area (Å²) in [5, 5.41) is 17.1. The maximum absolute atomic E-state index is 13.2. The topological polar surface area (TPSA) is 83.9 Å². The summed E-state index contributed by atoms with van der Waals surface area (Å²) in [6, 6.07) is 2.58. The number of aromatic nitrogens is 2. The Morgan fingerprint density at radius 3 is 2.69 bits per heavy atom. The lowest BCUT2D eigenvalue weighted by molar-refractivity contribution is -0.164. The Kier molecular flexibility index (Phi) is 4.88. The molecule has 1 N–H and O–H groups in total. The van der Waals surface area contributed by atoms with Crippen molar-refractivity contribution < 1.29 is 31.9 Å². The Labute approximate surface area is 152 Å². The number of aliphatic hydroxyl groups is 1. The Bertz CT molecular complexity index is 853. The second kappa shape index (κ2) is 6.83. The van der Waals surface area contributed by atoms with Gasteiger partial charge in [0.05, 0.1) is 17.2 Å². The smallest absolute Gasteiger partial charge is 0.312 e. The molecule has 2 aromatic rings. The van der Waals surface area contributed by atoms with Crippen LogP contribution in [0.2, 0.25) is 0 Å². The SMILES string of the molecule is O=C(c1ccc(Cn2cc(Br)cn2)o1)N1N=C(C(F)F)C[C@]1(O)C(F)F. The predicted molar refractivity (Wildman–Crippen MR) is 82.9 cm³/mol. The fourth-order valence-corrected chi connectivity index (χ4v) is 2.70. The first kappa shape index (κ1) is 18.6. The zero-order valence-electron chi connectivity index (χ0n) is 12.8. The lowest BCUT2D eigenvalue weighted by Crippen LogP contribution is -2.51. The number of carbonyl (C=O) groups is 1. The van der Waals surface area contributed by atoms with Gasteiger partial charge in [-0.1, -0.05) is 0 Å². The van der Waals surface area contributed by atoms with Crippen LogP contribution in [0.15, 0.2) is 38.5 Å². The van der Waals surface area contributed by atoms with Crippen molar-refractivity contribution in [2.24, 2.45) is 5.10 Å². The minimum atomic E-state index is -3.50. The average molecular weight is 439 g/mol. The molecule has 140 valence electrons. The van der Waals surface area contributed by atoms with E-state index in [1.165, 1.54) is 23.0 Å². The summed E-state index contributed by atoms with van der Waals surface area (Å²) >= 11 is 3.21. The van der Waals surface area contributed by atoms with Crippen LogP contribution in [-0.4, -0.2) is 50.1 Å². The Morgan fingerprint density at radius 2 is 2.12 bits per heavy atom. The van der Waals surface area contributed by atoms with Crippen molar-refractivity contribution in [1.29, 1.82) is 0 Å². The van der Waals surface area contributed by atoms with Crippen molar-refractivity contribution in [3.8, 4) is 0 Å². The van der Waals surface area contributed by atoms with Crippen LogP contribution in [-0.2, 0) is 6.54 Å². The van der Waals surface area contributed by atoms with E-state index in [-0.39, 0.29) is 17.3 Å². The average Bonchev–Trinajstić information content (AvgIpc) is 3.27. The molecule has 0 radical (unpaired) electrons. The molecule has 1 aliphatic heterocycles. The molecule has 1 aliphatic rings. The summed E-state index contributed by atoms with van der Waals surface area (Å²) in [5.41, 5.74) is -4.16. The highest BCUT2D eigenvalue weighted by molar-refractivity contribution is 9.10. The molecule has 0 saturated carbocycles. The standard InChI is InChI=1S/C14H11BrF4N4O3/c15-7-4-20-22(5-7)6-8-1-2-10(26-8)12(24)23-14(25,13(18)19)3-9(21-23)11(16)17/h1-2,4-5,11,13,25H,3,6H2/t14-/m0/s1. The molecule has 0 bridgehead atoms. The van der Waals surface area contributed by atoms with E-state index in [0.717, 1.165) is 0 Å². The van der Waals surface area contributed by atoms with Gasteiger partial charge in [0.15, 0.2) is 5.76 Å². The number of amides is 1. The molecule has 1 atom stereocenters. The van der Waals surface area contributed by atoms with Gasteiger partial charge in [0.1, 0.15) is 11.5 Å². The maximum atomic E-state index is 13.2. The van der Waals surface area contributed by atoms with Crippen molar-refractivity contribution in [2.45, 2.75) is 31.5 Å². The molecule has 0 saturated heterocycles. The largest absolute Gasteiger partial charge is 0.454 e. The minimum absolute atomic E-state index is 0.0493. The number of hydrogen-bond acceptors (Lipinski definition) is 5. The molecule has 0 aliphatic carbocycles. The molecule has 0 aromatic carbocycles. The van der Waals surface area contributed by atoms with E-state index in [4.69, 9.17) is 4.42 Å². The summed E-state index contributed by atoms with van der Waals surface area (Å²) in [6.45, 7) is 0.142. The van der Waals surface area contributed by atoms with E-state index in [1.54, 1.807) is 6.20 Å². The number of hydrazone groups is 1. The number of rotatable bonds is 5. The second-order valence-electron chi connectivity index (χ2n) is 5.49. The van der Waals surface area contributed by atoms with Gasteiger partial charge in [-0.3, -0.25) is 9.48 Å². The van der Waals surface area contributed by atoms with Crippen LogP contribution in [0.4, 0.5) is 17.6 Å². The summed E-state index contributed by atoms with van der Waals surface area (Å²) in [4.78, 5) is 12.4. The van der Waals surface area contributed by atoms with Crippen LogP contribution < -0.4 is 0 Å². The first-order valence-corrected chi connectivity index (χ1v) is 7.97. The fourth-order valence-electron chi connectivity index (χ4n) is 2.37. The highest BCUT2D eigenvalue weighted by Crippen LogP contribution is 2.34. The molecule has 12 heteroatoms. The molecule has 2 aromatic heterocycles. The molecule has 0 spiro atoms. The van der Waals surface area contributed by atoms with E-state index in [9.17, 15) is 27.5 Å². The summed E-state index contributed by atoms with van der Waals surface area (Å²) in [7, 11) is 0. The van der Waals surface area contributed by atoms with Gasteiger partial charge in [-0.25, -0.2) is 17.6 Å². The van der Waals surface area contributed by atoms with Crippen LogP contribution >= 0.6 is 15.9 Å². The zero-order chi connectivity index (χ0) is 19.1. The first-order chi connectivity index (χ1) is 12.2. The van der Waals surface area contributed by atoms with Crippen molar-refractivity contribution >= 4 is 27.5 Å². The normalized spacial score (nSPS) is 20.3. The van der Waals surface area contributed by atoms with Crippen LogP contribution in [0.5, 0.6) is 0 Å². The molecular weight excluding hydrogens is 428 g/mol. The highest BCUT2D eigenvalue weighted by atomic mass is 79.9. The molecule has 26 heavy (non-hydrogen) atoms. The van der Waals surface area contributed by atoms with Gasteiger partial charge in [-0.2, -0.15) is 15.2 Å². The third kappa shape index (κ3) is 3.38. The maximum Gasteiger partial charge on any atom is 0.312 e. The number of carbonyl (C=O) groups excluding carboxylic acids is 1. The summed E-state index contributed by atoms with van der Waals surface area (Å²) in [5.74, 6) is -1.41. The van der Waals surface area contributed by atoms with Gasteiger partial charge in [-0.05, 0) is 28.1 Å². The molecule has 0 unspecified atom stereocenters. The first-order valence-electron chi connectivity index (χ1n) is 7.18. The molecular formula is C14H11BrF4N4O3. The fraction of sp³-hybridized carbons (Fsp3) is 0.357. The quantitative estimate of drug-likeness (QED) is 0.727. The highest BCUT2D eigenvalue weighted by Gasteiger charge is 2.53. The van der Waals surface area contributed by atoms with E-state index in [0.29, 0.717) is 4.47 Å². The van der Waals surface area contributed by atoms with Crippen molar-refractivity contribution in [3.63, 3.8) is 0 Å². The molecule has 3 heterocycles. The van der Waals surface area contributed by atoms with E-state index < -0.39 is 42.4 Å². The van der Waals surface area contributed by atoms with Crippen LogP contribution in [0.3, 0.4) is 0 Å². The van der Waals surface area contributed by atoms with Crippen molar-refractivity contribution in [3.05, 3.63) is 40.5 Å². The van der Waals surface area contributed by atoms with Gasteiger partial charge in [0.25, 0.3) is 12.9 Å².